The molecule has 1 aromatic heterocycles. The van der Waals surface area contributed by atoms with E-state index in [1.54, 1.807) is 45.2 Å². The second-order valence-electron chi connectivity index (χ2n) is 7.04. The van der Waals surface area contributed by atoms with E-state index in [0.29, 0.717) is 46.1 Å². The minimum Gasteiger partial charge on any atom is -0.490 e. The maximum atomic E-state index is 12.8. The van der Waals surface area contributed by atoms with E-state index >= 15 is 0 Å². The summed E-state index contributed by atoms with van der Waals surface area (Å²) in [5.74, 6) is 0.00576. The number of carbonyl (C=O) groups is 1. The zero-order valence-electron chi connectivity index (χ0n) is 18.3. The van der Waals surface area contributed by atoms with Crippen LogP contribution in [0, 0.1) is 13.8 Å². The van der Waals surface area contributed by atoms with Crippen LogP contribution in [0.2, 0.25) is 0 Å². The zero-order valence-corrected chi connectivity index (χ0v) is 20.7. The van der Waals surface area contributed by atoms with Crippen LogP contribution in [0.4, 0.5) is 11.6 Å². The average Bonchev–Trinajstić information content (AvgIpc) is 2.74. The molecule has 0 bridgehead atoms. The molecular weight excluding hydrogens is 512 g/mol. The van der Waals surface area contributed by atoms with Gasteiger partial charge >= 0.3 is 0 Å². The Morgan fingerprint density at radius 2 is 1.67 bits per heavy atom. The standard InChI is InChI=1S/C22H23BrN4O5S/c1-14-12-15(2)25-22(24-14)27-33(29,30)18-7-5-17(6-8-18)26-21(28)19-13-16(23)4-9-20(19)32-11-10-31-3/h4-9,12-13H,10-11H2,1-3H3,(H,26,28)(H,24,25,27). The summed E-state index contributed by atoms with van der Waals surface area (Å²) in [6.45, 7) is 4.18. The summed E-state index contributed by atoms with van der Waals surface area (Å²) in [6.07, 6.45) is 0. The fraction of sp³-hybridized carbons (Fsp3) is 0.227. The van der Waals surface area contributed by atoms with E-state index < -0.39 is 15.9 Å². The Kier molecular flexibility index (Phi) is 8.01. The van der Waals surface area contributed by atoms with Crippen LogP contribution in [-0.4, -0.2) is 44.6 Å². The molecule has 0 aliphatic heterocycles. The second kappa shape index (κ2) is 10.7. The van der Waals surface area contributed by atoms with Gasteiger partial charge in [0.15, 0.2) is 0 Å². The van der Waals surface area contributed by atoms with Crippen LogP contribution in [0.25, 0.3) is 0 Å². The van der Waals surface area contributed by atoms with Crippen molar-refractivity contribution in [2.45, 2.75) is 18.7 Å². The third-order valence-corrected chi connectivity index (χ3v) is 6.20. The summed E-state index contributed by atoms with van der Waals surface area (Å²) in [5.41, 5.74) is 2.04. The fourth-order valence-electron chi connectivity index (χ4n) is 2.91. The minimum absolute atomic E-state index is 0.000497. The van der Waals surface area contributed by atoms with Gasteiger partial charge < -0.3 is 14.8 Å². The molecule has 1 amide bonds. The summed E-state index contributed by atoms with van der Waals surface area (Å²) in [7, 11) is -2.33. The van der Waals surface area contributed by atoms with Gasteiger partial charge in [-0.25, -0.2) is 23.1 Å². The first kappa shape index (κ1) is 24.6. The topological polar surface area (TPSA) is 120 Å². The lowest BCUT2D eigenvalue weighted by Gasteiger charge is -2.13. The van der Waals surface area contributed by atoms with Crippen molar-refractivity contribution in [2.75, 3.05) is 30.4 Å². The number of rotatable bonds is 9. The summed E-state index contributed by atoms with van der Waals surface area (Å²) < 4.78 is 39.0. The van der Waals surface area contributed by atoms with E-state index in [0.717, 1.165) is 0 Å². The van der Waals surface area contributed by atoms with Crippen LogP contribution in [0.5, 0.6) is 5.75 Å². The number of hydrogen-bond donors (Lipinski definition) is 2. The number of methoxy groups -OCH3 is 1. The summed E-state index contributed by atoms with van der Waals surface area (Å²) in [5, 5.41) is 2.75. The third-order valence-electron chi connectivity index (χ3n) is 4.36. The molecule has 0 saturated heterocycles. The predicted molar refractivity (Wildman–Crippen MR) is 128 cm³/mol. The molecule has 0 spiro atoms. The molecule has 33 heavy (non-hydrogen) atoms. The van der Waals surface area contributed by atoms with Crippen LogP contribution < -0.4 is 14.8 Å². The van der Waals surface area contributed by atoms with Gasteiger partial charge in [-0.1, -0.05) is 15.9 Å². The molecule has 0 radical (unpaired) electrons. The van der Waals surface area contributed by atoms with Crippen molar-refractivity contribution in [1.82, 2.24) is 9.97 Å². The Balaban J connectivity index is 1.74. The number of anilines is 2. The molecule has 1 heterocycles. The maximum absolute atomic E-state index is 12.8. The number of hydrogen-bond acceptors (Lipinski definition) is 7. The molecule has 11 heteroatoms. The lowest BCUT2D eigenvalue weighted by Crippen LogP contribution is -2.17. The van der Waals surface area contributed by atoms with Gasteiger partial charge in [0.25, 0.3) is 15.9 Å². The molecule has 2 N–H and O–H groups in total. The normalized spacial score (nSPS) is 11.2. The van der Waals surface area contributed by atoms with Crippen molar-refractivity contribution in [2.24, 2.45) is 0 Å². The third kappa shape index (κ3) is 6.73. The van der Waals surface area contributed by atoms with E-state index in [9.17, 15) is 13.2 Å². The molecule has 0 aliphatic carbocycles. The lowest BCUT2D eigenvalue weighted by molar-refractivity contribution is 0.101. The van der Waals surface area contributed by atoms with Crippen molar-refractivity contribution < 1.29 is 22.7 Å². The lowest BCUT2D eigenvalue weighted by atomic mass is 10.2. The SMILES string of the molecule is COCCOc1ccc(Br)cc1C(=O)Nc1ccc(S(=O)(=O)Nc2nc(C)cc(C)n2)cc1. The van der Waals surface area contributed by atoms with Gasteiger partial charge in [0.2, 0.25) is 5.95 Å². The van der Waals surface area contributed by atoms with Crippen molar-refractivity contribution >= 4 is 43.5 Å². The highest BCUT2D eigenvalue weighted by Crippen LogP contribution is 2.25. The van der Waals surface area contributed by atoms with E-state index in [4.69, 9.17) is 9.47 Å². The molecule has 2 aromatic carbocycles. The smallest absolute Gasteiger partial charge is 0.264 e. The average molecular weight is 535 g/mol. The Labute approximate surface area is 200 Å². The number of aromatic nitrogens is 2. The van der Waals surface area contributed by atoms with E-state index in [1.165, 1.54) is 24.3 Å². The van der Waals surface area contributed by atoms with Crippen molar-refractivity contribution in [3.05, 3.63) is 70.0 Å². The minimum atomic E-state index is -3.90. The zero-order chi connectivity index (χ0) is 24.0. The van der Waals surface area contributed by atoms with Gasteiger partial charge in [-0.05, 0) is 62.4 Å². The molecule has 0 unspecified atom stereocenters. The van der Waals surface area contributed by atoms with Crippen LogP contribution in [0.3, 0.4) is 0 Å². The first-order chi connectivity index (χ1) is 15.7. The molecular formula is C22H23BrN4O5S. The van der Waals surface area contributed by atoms with Gasteiger partial charge in [0, 0.05) is 28.7 Å². The number of amides is 1. The van der Waals surface area contributed by atoms with E-state index in [2.05, 4.69) is 35.9 Å². The number of ether oxygens (including phenoxy) is 2. The second-order valence-corrected chi connectivity index (χ2v) is 9.64. The Bertz CT molecular complexity index is 1230. The highest BCUT2D eigenvalue weighted by molar-refractivity contribution is 9.10. The monoisotopic (exact) mass is 534 g/mol. The highest BCUT2D eigenvalue weighted by Gasteiger charge is 2.18. The predicted octanol–water partition coefficient (Wildman–Crippen LogP) is 3.93. The maximum Gasteiger partial charge on any atom is 0.264 e. The highest BCUT2D eigenvalue weighted by atomic mass is 79.9. The first-order valence-electron chi connectivity index (χ1n) is 9.86. The van der Waals surface area contributed by atoms with Gasteiger partial charge in [-0.2, -0.15) is 0 Å². The van der Waals surface area contributed by atoms with E-state index in [1.807, 2.05) is 0 Å². The van der Waals surface area contributed by atoms with Crippen molar-refractivity contribution in [3.63, 3.8) is 0 Å². The molecule has 0 atom stereocenters. The van der Waals surface area contributed by atoms with Crippen LogP contribution >= 0.6 is 15.9 Å². The molecule has 9 nitrogen and oxygen atoms in total. The summed E-state index contributed by atoms with van der Waals surface area (Å²) in [6, 6.07) is 12.6. The number of sulfonamides is 1. The van der Waals surface area contributed by atoms with Crippen LogP contribution in [0.1, 0.15) is 21.7 Å². The summed E-state index contributed by atoms with van der Waals surface area (Å²) >= 11 is 3.36. The largest absolute Gasteiger partial charge is 0.490 e. The van der Waals surface area contributed by atoms with Crippen molar-refractivity contribution in [3.8, 4) is 5.75 Å². The van der Waals surface area contributed by atoms with Gasteiger partial charge in [0.05, 0.1) is 17.1 Å². The number of nitrogens with zero attached hydrogens (tertiary/aromatic N) is 2. The number of aryl methyl sites for hydroxylation is 2. The fourth-order valence-corrected chi connectivity index (χ4v) is 4.21. The Morgan fingerprint density at radius 3 is 2.30 bits per heavy atom. The number of halogens is 1. The molecule has 3 aromatic rings. The van der Waals surface area contributed by atoms with Crippen LogP contribution in [-0.2, 0) is 14.8 Å². The van der Waals surface area contributed by atoms with Gasteiger partial charge in [0.1, 0.15) is 12.4 Å². The quantitative estimate of drug-likeness (QED) is 0.399. The molecule has 0 saturated carbocycles. The van der Waals surface area contributed by atoms with Gasteiger partial charge in [-0.3, -0.25) is 4.79 Å². The number of benzene rings is 2. The number of carbonyl (C=O) groups excluding carboxylic acids is 1. The Hall–Kier alpha value is -3.02. The van der Waals surface area contributed by atoms with E-state index in [-0.39, 0.29) is 10.8 Å². The molecule has 3 rings (SSSR count). The van der Waals surface area contributed by atoms with Crippen LogP contribution in [0.15, 0.2) is 57.9 Å². The Morgan fingerprint density at radius 1 is 1.00 bits per heavy atom. The van der Waals surface area contributed by atoms with Gasteiger partial charge in [-0.15, -0.1) is 0 Å². The first-order valence-corrected chi connectivity index (χ1v) is 12.1. The summed E-state index contributed by atoms with van der Waals surface area (Å²) in [4.78, 5) is 21.0. The molecule has 0 aliphatic rings. The molecule has 174 valence electrons. The van der Waals surface area contributed by atoms with Crippen molar-refractivity contribution in [1.29, 1.82) is 0 Å². The number of nitrogens with one attached hydrogen (secondary N) is 2. The molecule has 0 fully saturated rings.